The third-order valence-electron chi connectivity index (χ3n) is 3.25. The molecule has 0 aliphatic heterocycles. The molecule has 2 rings (SSSR count). The summed E-state index contributed by atoms with van der Waals surface area (Å²) < 4.78 is 44.5. The molecular weight excluding hydrogens is 347 g/mol. The van der Waals surface area contributed by atoms with Crippen molar-refractivity contribution in [3.05, 3.63) is 71.8 Å². The van der Waals surface area contributed by atoms with E-state index >= 15 is 0 Å². The van der Waals surface area contributed by atoms with E-state index in [-0.39, 0.29) is 16.8 Å². The first-order chi connectivity index (χ1) is 12.3. The number of anilines is 1. The zero-order chi connectivity index (χ0) is 19.2. The first-order valence-electron chi connectivity index (χ1n) is 7.36. The molecule has 5 nitrogen and oxygen atoms in total. The number of nitrogens with one attached hydrogen (secondary N) is 2. The van der Waals surface area contributed by atoms with Gasteiger partial charge in [0.25, 0.3) is 5.91 Å². The Kier molecular flexibility index (Phi) is 5.86. The fourth-order valence-electron chi connectivity index (χ4n) is 2.01. The SMILES string of the molecule is C=CCOc1ccc(C(=O)NNc2ccc(C#N)cc2C(F)(F)F)cc1. The highest BCUT2D eigenvalue weighted by molar-refractivity contribution is 5.95. The predicted molar refractivity (Wildman–Crippen MR) is 89.4 cm³/mol. The number of hydrazine groups is 1. The summed E-state index contributed by atoms with van der Waals surface area (Å²) in [6.07, 6.45) is -3.11. The molecule has 8 heteroatoms. The highest BCUT2D eigenvalue weighted by Gasteiger charge is 2.34. The Balaban J connectivity index is 2.10. The van der Waals surface area contributed by atoms with Crippen molar-refractivity contribution in [3.63, 3.8) is 0 Å². The summed E-state index contributed by atoms with van der Waals surface area (Å²) in [7, 11) is 0. The van der Waals surface area contributed by atoms with E-state index in [1.165, 1.54) is 18.2 Å². The van der Waals surface area contributed by atoms with Crippen LogP contribution in [0.4, 0.5) is 18.9 Å². The van der Waals surface area contributed by atoms with Gasteiger partial charge in [0.05, 0.1) is 22.9 Å². The third-order valence-corrected chi connectivity index (χ3v) is 3.25. The number of alkyl halides is 3. The minimum Gasteiger partial charge on any atom is -0.490 e. The Labute approximate surface area is 147 Å². The number of ether oxygens (including phenoxy) is 1. The Morgan fingerprint density at radius 3 is 2.50 bits per heavy atom. The van der Waals surface area contributed by atoms with Gasteiger partial charge in [-0.15, -0.1) is 0 Å². The average Bonchev–Trinajstić information content (AvgIpc) is 2.64. The van der Waals surface area contributed by atoms with Crippen molar-refractivity contribution in [1.82, 2.24) is 5.43 Å². The van der Waals surface area contributed by atoms with E-state index in [1.54, 1.807) is 24.3 Å². The van der Waals surface area contributed by atoms with Gasteiger partial charge in [-0.3, -0.25) is 15.6 Å². The number of nitriles is 1. The Morgan fingerprint density at radius 1 is 1.23 bits per heavy atom. The van der Waals surface area contributed by atoms with Gasteiger partial charge in [-0.05, 0) is 42.5 Å². The molecule has 2 aromatic carbocycles. The second-order valence-electron chi connectivity index (χ2n) is 5.07. The third kappa shape index (κ3) is 4.77. The monoisotopic (exact) mass is 361 g/mol. The lowest BCUT2D eigenvalue weighted by atomic mass is 10.1. The summed E-state index contributed by atoms with van der Waals surface area (Å²) in [4.78, 5) is 12.1. The summed E-state index contributed by atoms with van der Waals surface area (Å²) in [5.41, 5.74) is 3.12. The van der Waals surface area contributed by atoms with Crippen molar-refractivity contribution >= 4 is 11.6 Å². The van der Waals surface area contributed by atoms with Crippen LogP contribution in [0.5, 0.6) is 5.75 Å². The summed E-state index contributed by atoms with van der Waals surface area (Å²) in [6.45, 7) is 3.83. The molecule has 0 saturated carbocycles. The van der Waals surface area contributed by atoms with Crippen LogP contribution in [0, 0.1) is 11.3 Å². The van der Waals surface area contributed by atoms with Crippen molar-refractivity contribution in [2.75, 3.05) is 12.0 Å². The van der Waals surface area contributed by atoms with Crippen LogP contribution in [0.3, 0.4) is 0 Å². The fourth-order valence-corrected chi connectivity index (χ4v) is 2.01. The number of hydrogen-bond donors (Lipinski definition) is 2. The van der Waals surface area contributed by atoms with Crippen molar-refractivity contribution in [2.24, 2.45) is 0 Å². The van der Waals surface area contributed by atoms with Crippen LogP contribution in [0.25, 0.3) is 0 Å². The Bertz CT molecular complexity index is 840. The fraction of sp³-hybridized carbons (Fsp3) is 0.111. The van der Waals surface area contributed by atoms with E-state index in [1.807, 2.05) is 0 Å². The minimum absolute atomic E-state index is 0.135. The van der Waals surface area contributed by atoms with Gasteiger partial charge in [0.15, 0.2) is 0 Å². The number of carbonyl (C=O) groups excluding carboxylic acids is 1. The molecule has 0 radical (unpaired) electrons. The van der Waals surface area contributed by atoms with Crippen LogP contribution in [-0.4, -0.2) is 12.5 Å². The zero-order valence-electron chi connectivity index (χ0n) is 13.4. The number of amides is 1. The van der Waals surface area contributed by atoms with Crippen LogP contribution in [0.15, 0.2) is 55.1 Å². The minimum atomic E-state index is -4.68. The first-order valence-corrected chi connectivity index (χ1v) is 7.36. The maximum atomic E-state index is 13.1. The molecule has 134 valence electrons. The van der Waals surface area contributed by atoms with E-state index < -0.39 is 17.6 Å². The lowest BCUT2D eigenvalue weighted by Gasteiger charge is -2.15. The smallest absolute Gasteiger partial charge is 0.418 e. The van der Waals surface area contributed by atoms with Crippen LogP contribution in [-0.2, 0) is 6.18 Å². The van der Waals surface area contributed by atoms with E-state index in [4.69, 9.17) is 10.00 Å². The maximum Gasteiger partial charge on any atom is 0.418 e. The molecule has 0 spiro atoms. The Hall–Kier alpha value is -3.47. The number of nitrogens with zero attached hydrogens (tertiary/aromatic N) is 1. The van der Waals surface area contributed by atoms with E-state index in [2.05, 4.69) is 17.4 Å². The normalized spacial score (nSPS) is 10.5. The van der Waals surface area contributed by atoms with Crippen LogP contribution < -0.4 is 15.6 Å². The van der Waals surface area contributed by atoms with Crippen LogP contribution in [0.2, 0.25) is 0 Å². The van der Waals surface area contributed by atoms with Crippen molar-refractivity contribution in [1.29, 1.82) is 5.26 Å². The van der Waals surface area contributed by atoms with Crippen molar-refractivity contribution < 1.29 is 22.7 Å². The number of hydrogen-bond acceptors (Lipinski definition) is 4. The molecule has 0 unspecified atom stereocenters. The molecule has 0 atom stereocenters. The Morgan fingerprint density at radius 2 is 1.92 bits per heavy atom. The summed E-state index contributed by atoms with van der Waals surface area (Å²) in [5.74, 6) is -0.0985. The van der Waals surface area contributed by atoms with Gasteiger partial charge in [-0.1, -0.05) is 12.7 Å². The largest absolute Gasteiger partial charge is 0.490 e. The van der Waals surface area contributed by atoms with Gasteiger partial charge >= 0.3 is 6.18 Å². The summed E-state index contributed by atoms with van der Waals surface area (Å²) in [6, 6.07) is 10.7. The van der Waals surface area contributed by atoms with Crippen molar-refractivity contribution in [3.8, 4) is 11.8 Å². The quantitative estimate of drug-likeness (QED) is 0.605. The standard InChI is InChI=1S/C18H14F3N3O2/c1-2-9-26-14-6-4-13(5-7-14)17(25)24-23-16-8-3-12(11-22)10-15(16)18(19,20)21/h2-8,10,23H,1,9H2,(H,24,25). The maximum absolute atomic E-state index is 13.1. The predicted octanol–water partition coefficient (Wildman–Crippen LogP) is 3.90. The lowest BCUT2D eigenvalue weighted by molar-refractivity contribution is -0.137. The van der Waals surface area contributed by atoms with E-state index in [0.717, 1.165) is 6.07 Å². The van der Waals surface area contributed by atoms with Crippen LogP contribution >= 0.6 is 0 Å². The highest BCUT2D eigenvalue weighted by Crippen LogP contribution is 2.35. The molecule has 0 aliphatic carbocycles. The van der Waals surface area contributed by atoms with E-state index in [9.17, 15) is 18.0 Å². The van der Waals surface area contributed by atoms with Gasteiger partial charge in [-0.25, -0.2) is 0 Å². The molecule has 2 aromatic rings. The molecule has 0 saturated heterocycles. The molecule has 0 fully saturated rings. The second kappa shape index (κ2) is 8.07. The zero-order valence-corrected chi connectivity index (χ0v) is 13.4. The molecule has 2 N–H and O–H groups in total. The number of carbonyl (C=O) groups is 1. The van der Waals surface area contributed by atoms with Gasteiger partial charge in [0.1, 0.15) is 12.4 Å². The highest BCUT2D eigenvalue weighted by atomic mass is 19.4. The molecule has 0 aromatic heterocycles. The summed E-state index contributed by atoms with van der Waals surface area (Å²) >= 11 is 0. The van der Waals surface area contributed by atoms with Gasteiger partial charge in [0, 0.05) is 5.56 Å². The molecule has 0 aliphatic rings. The molecule has 1 amide bonds. The van der Waals surface area contributed by atoms with Gasteiger partial charge in [0.2, 0.25) is 0 Å². The first kappa shape index (κ1) is 18.9. The lowest BCUT2D eigenvalue weighted by Crippen LogP contribution is -2.30. The molecule has 0 bridgehead atoms. The van der Waals surface area contributed by atoms with Crippen molar-refractivity contribution in [2.45, 2.75) is 6.18 Å². The number of benzene rings is 2. The van der Waals surface area contributed by atoms with E-state index in [0.29, 0.717) is 18.4 Å². The average molecular weight is 361 g/mol. The number of rotatable bonds is 6. The molecule has 26 heavy (non-hydrogen) atoms. The van der Waals surface area contributed by atoms with Crippen LogP contribution in [0.1, 0.15) is 21.5 Å². The van der Waals surface area contributed by atoms with Gasteiger partial charge < -0.3 is 4.74 Å². The number of halogens is 3. The van der Waals surface area contributed by atoms with Gasteiger partial charge in [-0.2, -0.15) is 18.4 Å². The summed E-state index contributed by atoms with van der Waals surface area (Å²) in [5, 5.41) is 8.74. The second-order valence-corrected chi connectivity index (χ2v) is 5.07. The topological polar surface area (TPSA) is 74.2 Å². The molecular formula is C18H14F3N3O2. The molecule has 0 heterocycles.